The van der Waals surface area contributed by atoms with Crippen molar-refractivity contribution in [2.24, 2.45) is 0 Å². The zero-order chi connectivity index (χ0) is 13.1. The van der Waals surface area contributed by atoms with Gasteiger partial charge in [-0.1, -0.05) is 23.7 Å². The minimum atomic E-state index is -0.330. The van der Waals surface area contributed by atoms with E-state index in [1.807, 2.05) is 25.1 Å². The van der Waals surface area contributed by atoms with Crippen LogP contribution in [0, 0.1) is 12.7 Å². The first-order valence-corrected chi connectivity index (χ1v) is 5.98. The molecule has 0 amide bonds. The van der Waals surface area contributed by atoms with E-state index in [-0.39, 0.29) is 5.82 Å². The van der Waals surface area contributed by atoms with Crippen molar-refractivity contribution in [2.75, 3.05) is 11.1 Å². The molecule has 0 fully saturated rings. The van der Waals surface area contributed by atoms with E-state index in [0.717, 1.165) is 22.5 Å². The molecule has 0 heterocycles. The van der Waals surface area contributed by atoms with Gasteiger partial charge in [-0.15, -0.1) is 0 Å². The van der Waals surface area contributed by atoms with Crippen LogP contribution in [0.1, 0.15) is 11.1 Å². The van der Waals surface area contributed by atoms with Crippen LogP contribution in [0.4, 0.5) is 15.8 Å². The Balaban J connectivity index is 2.09. The molecule has 18 heavy (non-hydrogen) atoms. The van der Waals surface area contributed by atoms with E-state index >= 15 is 0 Å². The minimum absolute atomic E-state index is 0.330. The lowest BCUT2D eigenvalue weighted by Crippen LogP contribution is -2.01. The molecule has 3 N–H and O–H groups in total. The molecular weight excluding hydrogens is 251 g/mol. The van der Waals surface area contributed by atoms with Crippen molar-refractivity contribution in [1.29, 1.82) is 0 Å². The number of halogens is 2. The molecule has 0 unspecified atom stereocenters. The highest BCUT2D eigenvalue weighted by atomic mass is 35.5. The first-order valence-electron chi connectivity index (χ1n) is 5.60. The molecule has 94 valence electrons. The Kier molecular flexibility index (Phi) is 3.72. The second-order valence-corrected chi connectivity index (χ2v) is 4.57. The monoisotopic (exact) mass is 264 g/mol. The normalized spacial score (nSPS) is 10.4. The Bertz CT molecular complexity index is 570. The second-order valence-electron chi connectivity index (χ2n) is 4.16. The highest BCUT2D eigenvalue weighted by Crippen LogP contribution is 2.21. The summed E-state index contributed by atoms with van der Waals surface area (Å²) in [6.45, 7) is 2.48. The molecule has 0 saturated heterocycles. The van der Waals surface area contributed by atoms with E-state index in [9.17, 15) is 4.39 Å². The molecule has 4 heteroatoms. The maximum atomic E-state index is 12.9. The molecular formula is C14H14ClFN2. The summed E-state index contributed by atoms with van der Waals surface area (Å²) in [7, 11) is 0. The molecule has 2 nitrogen and oxygen atoms in total. The molecule has 2 aromatic carbocycles. The lowest BCUT2D eigenvalue weighted by molar-refractivity contribution is 0.627. The van der Waals surface area contributed by atoms with Gasteiger partial charge in [-0.3, -0.25) is 0 Å². The van der Waals surface area contributed by atoms with Gasteiger partial charge in [0.1, 0.15) is 5.82 Å². The number of aryl methyl sites for hydroxylation is 1. The average Bonchev–Trinajstić information content (AvgIpc) is 2.32. The number of nitrogen functional groups attached to an aromatic ring is 1. The predicted molar refractivity (Wildman–Crippen MR) is 74.3 cm³/mol. The molecule has 0 atom stereocenters. The molecule has 0 saturated carbocycles. The van der Waals surface area contributed by atoms with Crippen molar-refractivity contribution in [3.63, 3.8) is 0 Å². The van der Waals surface area contributed by atoms with Gasteiger partial charge in [0.05, 0.1) is 0 Å². The Hall–Kier alpha value is -1.74. The fourth-order valence-corrected chi connectivity index (χ4v) is 1.85. The molecule has 0 aliphatic heterocycles. The Morgan fingerprint density at radius 1 is 1.22 bits per heavy atom. The van der Waals surface area contributed by atoms with Gasteiger partial charge < -0.3 is 11.1 Å². The summed E-state index contributed by atoms with van der Waals surface area (Å²) < 4.78 is 12.9. The number of nitrogens with one attached hydrogen (secondary N) is 1. The fraction of sp³-hybridized carbons (Fsp3) is 0.143. The average molecular weight is 265 g/mol. The third-order valence-electron chi connectivity index (χ3n) is 2.78. The largest absolute Gasteiger partial charge is 0.398 e. The smallest absolute Gasteiger partial charge is 0.124 e. The number of anilines is 2. The van der Waals surface area contributed by atoms with E-state index in [1.165, 1.54) is 12.1 Å². The van der Waals surface area contributed by atoms with Crippen LogP contribution >= 0.6 is 11.6 Å². The first-order chi connectivity index (χ1) is 8.56. The van der Waals surface area contributed by atoms with Crippen LogP contribution in [0.2, 0.25) is 5.02 Å². The van der Waals surface area contributed by atoms with E-state index < -0.39 is 0 Å². The van der Waals surface area contributed by atoms with Crippen LogP contribution < -0.4 is 11.1 Å². The first kappa shape index (κ1) is 12.7. The van der Waals surface area contributed by atoms with E-state index in [0.29, 0.717) is 11.6 Å². The van der Waals surface area contributed by atoms with Crippen molar-refractivity contribution in [1.82, 2.24) is 0 Å². The zero-order valence-electron chi connectivity index (χ0n) is 10.0. The number of hydrogen-bond donors (Lipinski definition) is 2. The Morgan fingerprint density at radius 2 is 2.00 bits per heavy atom. The predicted octanol–water partition coefficient (Wildman–Crippen LogP) is 3.98. The van der Waals surface area contributed by atoms with Crippen molar-refractivity contribution >= 4 is 23.0 Å². The van der Waals surface area contributed by atoms with Crippen molar-refractivity contribution in [2.45, 2.75) is 13.5 Å². The third kappa shape index (κ3) is 2.93. The van der Waals surface area contributed by atoms with Crippen molar-refractivity contribution < 1.29 is 4.39 Å². The van der Waals surface area contributed by atoms with Crippen molar-refractivity contribution in [3.8, 4) is 0 Å². The molecule has 0 aromatic heterocycles. The van der Waals surface area contributed by atoms with Crippen LogP contribution in [0.3, 0.4) is 0 Å². The topological polar surface area (TPSA) is 38.0 Å². The van der Waals surface area contributed by atoms with E-state index in [1.54, 1.807) is 6.07 Å². The lowest BCUT2D eigenvalue weighted by Gasteiger charge is -2.10. The molecule has 0 bridgehead atoms. The van der Waals surface area contributed by atoms with Crippen LogP contribution in [0.5, 0.6) is 0 Å². The highest BCUT2D eigenvalue weighted by Gasteiger charge is 2.02. The van der Waals surface area contributed by atoms with Crippen LogP contribution in [0.15, 0.2) is 36.4 Å². The fourth-order valence-electron chi connectivity index (χ4n) is 1.61. The number of rotatable bonds is 3. The summed E-state index contributed by atoms with van der Waals surface area (Å²) in [5.74, 6) is -0.330. The summed E-state index contributed by atoms with van der Waals surface area (Å²) in [4.78, 5) is 0. The van der Waals surface area contributed by atoms with Crippen LogP contribution in [-0.4, -0.2) is 0 Å². The summed E-state index contributed by atoms with van der Waals surface area (Å²) in [5, 5.41) is 3.62. The molecule has 0 spiro atoms. The third-order valence-corrected chi connectivity index (χ3v) is 3.13. The highest BCUT2D eigenvalue weighted by molar-refractivity contribution is 6.31. The standard InChI is InChI=1S/C14H14ClFN2/c1-9-2-5-12(7-14(9)17)18-8-10-3-4-11(16)6-13(10)15/h2-7,18H,8,17H2,1H3. The lowest BCUT2D eigenvalue weighted by atomic mass is 10.1. The second kappa shape index (κ2) is 5.27. The quantitative estimate of drug-likeness (QED) is 0.823. The van der Waals surface area contributed by atoms with Crippen LogP contribution in [-0.2, 0) is 6.54 Å². The summed E-state index contributed by atoms with van der Waals surface area (Å²) in [6, 6.07) is 10.1. The van der Waals surface area contributed by atoms with Gasteiger partial charge in [0.15, 0.2) is 0 Å². The summed E-state index contributed by atoms with van der Waals surface area (Å²) >= 11 is 5.95. The van der Waals surface area contributed by atoms with Gasteiger partial charge in [-0.25, -0.2) is 4.39 Å². The molecule has 0 radical (unpaired) electrons. The molecule has 2 rings (SSSR count). The maximum Gasteiger partial charge on any atom is 0.124 e. The minimum Gasteiger partial charge on any atom is -0.398 e. The van der Waals surface area contributed by atoms with Gasteiger partial charge in [0, 0.05) is 22.9 Å². The van der Waals surface area contributed by atoms with Gasteiger partial charge in [-0.05, 0) is 42.3 Å². The van der Waals surface area contributed by atoms with Crippen molar-refractivity contribution in [3.05, 3.63) is 58.4 Å². The van der Waals surface area contributed by atoms with Gasteiger partial charge in [-0.2, -0.15) is 0 Å². The van der Waals surface area contributed by atoms with Gasteiger partial charge in [0.2, 0.25) is 0 Å². The van der Waals surface area contributed by atoms with E-state index in [4.69, 9.17) is 17.3 Å². The SMILES string of the molecule is Cc1ccc(NCc2ccc(F)cc2Cl)cc1N. The Morgan fingerprint density at radius 3 is 2.67 bits per heavy atom. The summed E-state index contributed by atoms with van der Waals surface area (Å²) in [5.41, 5.74) is 9.37. The molecule has 0 aliphatic rings. The Labute approximate surface area is 111 Å². The molecule has 0 aliphatic carbocycles. The molecule has 2 aromatic rings. The van der Waals surface area contributed by atoms with Crippen LogP contribution in [0.25, 0.3) is 0 Å². The van der Waals surface area contributed by atoms with E-state index in [2.05, 4.69) is 5.32 Å². The van der Waals surface area contributed by atoms with Gasteiger partial charge in [0.25, 0.3) is 0 Å². The maximum absolute atomic E-state index is 12.9. The zero-order valence-corrected chi connectivity index (χ0v) is 10.8. The van der Waals surface area contributed by atoms with Gasteiger partial charge >= 0.3 is 0 Å². The number of benzene rings is 2. The number of nitrogens with two attached hydrogens (primary N) is 1. The number of hydrogen-bond acceptors (Lipinski definition) is 2. The summed E-state index contributed by atoms with van der Waals surface area (Å²) in [6.07, 6.45) is 0.